The predicted octanol–water partition coefficient (Wildman–Crippen LogP) is 4.50. The molecule has 2 aromatic carbocycles. The van der Waals surface area contributed by atoms with Gasteiger partial charge in [0.15, 0.2) is 0 Å². The van der Waals surface area contributed by atoms with Crippen molar-refractivity contribution >= 4 is 21.4 Å². The summed E-state index contributed by atoms with van der Waals surface area (Å²) in [6.45, 7) is 2.58. The molecule has 0 aliphatic heterocycles. The first-order chi connectivity index (χ1) is 9.74. The van der Waals surface area contributed by atoms with Gasteiger partial charge in [0.05, 0.1) is 0 Å². The summed E-state index contributed by atoms with van der Waals surface area (Å²) in [7, 11) is 0. The quantitative estimate of drug-likeness (QED) is 0.765. The fourth-order valence-corrected chi connectivity index (χ4v) is 3.12. The third-order valence-electron chi connectivity index (χ3n) is 3.36. The molecule has 1 heterocycles. The summed E-state index contributed by atoms with van der Waals surface area (Å²) in [6.07, 6.45) is 0. The highest BCUT2D eigenvalue weighted by Gasteiger charge is 2.04. The Morgan fingerprint density at radius 3 is 2.60 bits per heavy atom. The molecule has 2 N–H and O–H groups in total. The molecule has 0 amide bonds. The fourth-order valence-electron chi connectivity index (χ4n) is 2.17. The van der Waals surface area contributed by atoms with Gasteiger partial charge in [0.2, 0.25) is 0 Å². The molecule has 102 valence electrons. The van der Waals surface area contributed by atoms with Gasteiger partial charge in [-0.2, -0.15) is 0 Å². The Hall–Kier alpha value is -1.84. The number of thiophene rings is 1. The molecule has 0 fully saturated rings. The van der Waals surface area contributed by atoms with Gasteiger partial charge in [0, 0.05) is 16.3 Å². The van der Waals surface area contributed by atoms with Crippen LogP contribution in [0.25, 0.3) is 10.1 Å². The van der Waals surface area contributed by atoms with Gasteiger partial charge in [0.1, 0.15) is 12.4 Å². The Balaban J connectivity index is 1.73. The van der Waals surface area contributed by atoms with E-state index in [-0.39, 0.29) is 6.04 Å². The van der Waals surface area contributed by atoms with Crippen LogP contribution in [0.3, 0.4) is 0 Å². The highest BCUT2D eigenvalue weighted by atomic mass is 32.1. The van der Waals surface area contributed by atoms with Crippen molar-refractivity contribution < 1.29 is 4.74 Å². The van der Waals surface area contributed by atoms with Gasteiger partial charge in [-0.3, -0.25) is 0 Å². The van der Waals surface area contributed by atoms with Crippen LogP contribution in [0.15, 0.2) is 53.9 Å². The van der Waals surface area contributed by atoms with E-state index in [9.17, 15) is 0 Å². The topological polar surface area (TPSA) is 35.2 Å². The summed E-state index contributed by atoms with van der Waals surface area (Å²) < 4.78 is 7.16. The molecule has 1 unspecified atom stereocenters. The molecule has 20 heavy (non-hydrogen) atoms. The molecule has 0 aliphatic rings. The molecular weight excluding hydrogens is 266 g/mol. The van der Waals surface area contributed by atoms with Crippen molar-refractivity contribution in [3.05, 3.63) is 65.0 Å². The summed E-state index contributed by atoms with van der Waals surface area (Å²) in [5.74, 6) is 0.879. The molecule has 1 atom stereocenters. The van der Waals surface area contributed by atoms with Crippen LogP contribution in [-0.2, 0) is 6.61 Å². The van der Waals surface area contributed by atoms with Gasteiger partial charge >= 0.3 is 0 Å². The standard InChI is InChI=1S/C17H17NOS/c1-12(18)13-6-8-15(9-7-13)19-10-14-11-20-17-5-3-2-4-16(14)17/h2-9,11-12H,10,18H2,1H3. The van der Waals surface area contributed by atoms with Crippen molar-refractivity contribution in [2.45, 2.75) is 19.6 Å². The SMILES string of the molecule is CC(N)c1ccc(OCc2csc3ccccc23)cc1. The second-order valence-corrected chi connectivity index (χ2v) is 5.81. The number of hydrogen-bond acceptors (Lipinski definition) is 3. The minimum Gasteiger partial charge on any atom is -0.489 e. The van der Waals surface area contributed by atoms with E-state index in [4.69, 9.17) is 10.5 Å². The third kappa shape index (κ3) is 2.69. The Kier molecular flexibility index (Phi) is 3.72. The normalized spacial score (nSPS) is 12.5. The maximum absolute atomic E-state index is 5.86. The minimum absolute atomic E-state index is 0.0601. The van der Waals surface area contributed by atoms with Crippen molar-refractivity contribution in [3.8, 4) is 5.75 Å². The smallest absolute Gasteiger partial charge is 0.119 e. The number of rotatable bonds is 4. The van der Waals surface area contributed by atoms with E-state index >= 15 is 0 Å². The van der Waals surface area contributed by atoms with Crippen LogP contribution < -0.4 is 10.5 Å². The van der Waals surface area contributed by atoms with Gasteiger partial charge in [-0.15, -0.1) is 11.3 Å². The molecule has 3 aromatic rings. The van der Waals surface area contributed by atoms with E-state index in [1.54, 1.807) is 11.3 Å². The van der Waals surface area contributed by atoms with Gasteiger partial charge in [-0.05, 0) is 41.5 Å². The fraction of sp³-hybridized carbons (Fsp3) is 0.176. The Morgan fingerprint density at radius 2 is 1.85 bits per heavy atom. The van der Waals surface area contributed by atoms with Crippen LogP contribution in [0, 0.1) is 0 Å². The minimum atomic E-state index is 0.0601. The van der Waals surface area contributed by atoms with Crippen LogP contribution in [-0.4, -0.2) is 0 Å². The second-order valence-electron chi connectivity index (χ2n) is 4.90. The second kappa shape index (κ2) is 5.65. The molecule has 0 aliphatic carbocycles. The van der Waals surface area contributed by atoms with E-state index < -0.39 is 0 Å². The first kappa shape index (κ1) is 13.2. The van der Waals surface area contributed by atoms with Crippen LogP contribution in [0.1, 0.15) is 24.1 Å². The van der Waals surface area contributed by atoms with Gasteiger partial charge in [-0.1, -0.05) is 30.3 Å². The zero-order valence-electron chi connectivity index (χ0n) is 11.4. The van der Waals surface area contributed by atoms with Gasteiger partial charge < -0.3 is 10.5 Å². The summed E-state index contributed by atoms with van der Waals surface area (Å²) in [5.41, 5.74) is 8.20. The largest absolute Gasteiger partial charge is 0.489 e. The summed E-state index contributed by atoms with van der Waals surface area (Å²) in [4.78, 5) is 0. The molecule has 0 saturated carbocycles. The number of nitrogens with two attached hydrogens (primary N) is 1. The lowest BCUT2D eigenvalue weighted by Crippen LogP contribution is -2.04. The summed E-state index contributed by atoms with van der Waals surface area (Å²) >= 11 is 1.76. The first-order valence-corrected chi connectivity index (χ1v) is 7.55. The molecule has 0 bridgehead atoms. The predicted molar refractivity (Wildman–Crippen MR) is 85.2 cm³/mol. The summed E-state index contributed by atoms with van der Waals surface area (Å²) in [5, 5.41) is 3.45. The first-order valence-electron chi connectivity index (χ1n) is 6.67. The lowest BCUT2D eigenvalue weighted by Gasteiger charge is -2.08. The maximum atomic E-state index is 5.86. The molecule has 0 spiro atoms. The zero-order chi connectivity index (χ0) is 13.9. The Bertz CT molecular complexity index is 700. The lowest BCUT2D eigenvalue weighted by molar-refractivity contribution is 0.308. The third-order valence-corrected chi connectivity index (χ3v) is 4.37. The Labute approximate surface area is 122 Å². The van der Waals surface area contributed by atoms with E-state index in [2.05, 4.69) is 29.6 Å². The molecular formula is C17H17NOS. The molecule has 3 heteroatoms. The van der Waals surface area contributed by atoms with Gasteiger partial charge in [0.25, 0.3) is 0 Å². The monoisotopic (exact) mass is 283 g/mol. The van der Waals surface area contributed by atoms with Crippen LogP contribution in [0.5, 0.6) is 5.75 Å². The van der Waals surface area contributed by atoms with Crippen LogP contribution >= 0.6 is 11.3 Å². The average Bonchev–Trinajstić information content (AvgIpc) is 2.89. The van der Waals surface area contributed by atoms with Crippen molar-refractivity contribution in [1.29, 1.82) is 0 Å². The zero-order valence-corrected chi connectivity index (χ0v) is 12.2. The molecule has 0 saturated heterocycles. The molecule has 3 rings (SSSR count). The van der Waals surface area contributed by atoms with Crippen LogP contribution in [0.2, 0.25) is 0 Å². The van der Waals surface area contributed by atoms with Crippen molar-refractivity contribution in [2.75, 3.05) is 0 Å². The molecule has 2 nitrogen and oxygen atoms in total. The van der Waals surface area contributed by atoms with Crippen molar-refractivity contribution in [3.63, 3.8) is 0 Å². The highest BCUT2D eigenvalue weighted by molar-refractivity contribution is 7.17. The van der Waals surface area contributed by atoms with E-state index in [1.165, 1.54) is 15.6 Å². The van der Waals surface area contributed by atoms with E-state index in [0.29, 0.717) is 6.61 Å². The molecule has 0 radical (unpaired) electrons. The van der Waals surface area contributed by atoms with Crippen molar-refractivity contribution in [2.24, 2.45) is 5.73 Å². The van der Waals surface area contributed by atoms with E-state index in [0.717, 1.165) is 11.3 Å². The van der Waals surface area contributed by atoms with Crippen LogP contribution in [0.4, 0.5) is 0 Å². The summed E-state index contributed by atoms with van der Waals surface area (Å²) in [6, 6.07) is 16.5. The van der Waals surface area contributed by atoms with Crippen molar-refractivity contribution in [1.82, 2.24) is 0 Å². The number of ether oxygens (including phenoxy) is 1. The number of hydrogen-bond donors (Lipinski definition) is 1. The number of benzene rings is 2. The number of fused-ring (bicyclic) bond motifs is 1. The Morgan fingerprint density at radius 1 is 1.10 bits per heavy atom. The van der Waals surface area contributed by atoms with E-state index in [1.807, 2.05) is 31.2 Å². The molecule has 1 aromatic heterocycles. The lowest BCUT2D eigenvalue weighted by atomic mass is 10.1. The maximum Gasteiger partial charge on any atom is 0.119 e. The van der Waals surface area contributed by atoms with Gasteiger partial charge in [-0.25, -0.2) is 0 Å². The average molecular weight is 283 g/mol. The highest BCUT2D eigenvalue weighted by Crippen LogP contribution is 2.27.